The van der Waals surface area contributed by atoms with Gasteiger partial charge in [0.05, 0.1) is 5.38 Å². The smallest absolute Gasteiger partial charge is 0.134 e. The van der Waals surface area contributed by atoms with E-state index in [1.807, 2.05) is 0 Å². The summed E-state index contributed by atoms with van der Waals surface area (Å²) in [4.78, 5) is 0. The molecule has 2 heteroatoms. The first-order chi connectivity index (χ1) is 6.36. The maximum absolute atomic E-state index is 2.29. The van der Waals surface area contributed by atoms with Crippen LogP contribution in [0.4, 0.5) is 0 Å². The Balaban J connectivity index is 2.20. The highest BCUT2D eigenvalue weighted by molar-refractivity contribution is 6.99. The number of nitrogens with zero attached hydrogens (tertiary/aromatic N) is 1. The predicted octanol–water partition coefficient (Wildman–Crippen LogP) is 2.39. The third-order valence-electron chi connectivity index (χ3n) is 2.06. The summed E-state index contributed by atoms with van der Waals surface area (Å²) in [7, 11) is 0. The molecule has 1 aromatic carbocycles. The fraction of sp³-hybridized carbons (Fsp3) is 0.182. The molecule has 0 aliphatic heterocycles. The zero-order valence-corrected chi connectivity index (χ0v) is 8.42. The summed E-state index contributed by atoms with van der Waals surface area (Å²) in [6, 6.07) is 12.7. The van der Waals surface area contributed by atoms with Gasteiger partial charge in [0.25, 0.3) is 0 Å². The van der Waals surface area contributed by atoms with Crippen LogP contribution in [0.5, 0.6) is 0 Å². The van der Waals surface area contributed by atoms with E-state index in [1.54, 1.807) is 11.5 Å². The minimum Gasteiger partial charge on any atom is -0.134 e. The lowest BCUT2D eigenvalue weighted by atomic mass is 10.2. The predicted molar refractivity (Wildman–Crippen MR) is 54.8 cm³/mol. The van der Waals surface area contributed by atoms with Crippen molar-refractivity contribution in [3.05, 3.63) is 53.0 Å². The van der Waals surface area contributed by atoms with Crippen LogP contribution in [0.1, 0.15) is 11.3 Å². The van der Waals surface area contributed by atoms with E-state index in [4.69, 9.17) is 0 Å². The lowest BCUT2D eigenvalue weighted by Crippen LogP contribution is -2.31. The molecule has 0 bridgehead atoms. The quantitative estimate of drug-likeness (QED) is 0.640. The Morgan fingerprint density at radius 2 is 1.92 bits per heavy atom. The lowest BCUT2D eigenvalue weighted by Gasteiger charge is -1.93. The molecule has 0 N–H and O–H groups in total. The molecular weight excluding hydrogens is 178 g/mol. The lowest BCUT2D eigenvalue weighted by molar-refractivity contribution is -0.625. The molecule has 66 valence electrons. The highest BCUT2D eigenvalue weighted by atomic mass is 32.1. The van der Waals surface area contributed by atoms with E-state index in [1.165, 1.54) is 11.3 Å². The first-order valence-electron chi connectivity index (χ1n) is 4.34. The zero-order valence-electron chi connectivity index (χ0n) is 7.60. The van der Waals surface area contributed by atoms with Crippen LogP contribution < -0.4 is 3.96 Å². The van der Waals surface area contributed by atoms with Gasteiger partial charge >= 0.3 is 0 Å². The third kappa shape index (κ3) is 1.95. The second-order valence-electron chi connectivity index (χ2n) is 3.07. The van der Waals surface area contributed by atoms with Crippen LogP contribution in [0.25, 0.3) is 0 Å². The fourth-order valence-electron chi connectivity index (χ4n) is 1.28. The number of aryl methyl sites for hydroxylation is 1. The van der Waals surface area contributed by atoms with Crippen molar-refractivity contribution in [2.24, 2.45) is 0 Å². The number of aromatic nitrogens is 1. The Morgan fingerprint density at radius 3 is 2.54 bits per heavy atom. The highest BCUT2D eigenvalue weighted by Gasteiger charge is 2.07. The van der Waals surface area contributed by atoms with Crippen LogP contribution in [-0.2, 0) is 6.54 Å². The molecule has 0 atom stereocenters. The Hall–Kier alpha value is -1.15. The molecule has 0 fully saturated rings. The normalized spacial score (nSPS) is 10.2. The van der Waals surface area contributed by atoms with Gasteiger partial charge in [-0.2, -0.15) is 0 Å². The summed E-state index contributed by atoms with van der Waals surface area (Å²) in [6.45, 7) is 3.13. The van der Waals surface area contributed by atoms with E-state index in [9.17, 15) is 0 Å². The van der Waals surface area contributed by atoms with Gasteiger partial charge in [0.1, 0.15) is 11.5 Å². The van der Waals surface area contributed by atoms with Crippen molar-refractivity contribution >= 4 is 11.5 Å². The van der Waals surface area contributed by atoms with Crippen LogP contribution in [0, 0.1) is 6.92 Å². The van der Waals surface area contributed by atoms with Gasteiger partial charge < -0.3 is 0 Å². The van der Waals surface area contributed by atoms with E-state index in [0.717, 1.165) is 6.54 Å². The van der Waals surface area contributed by atoms with E-state index in [-0.39, 0.29) is 0 Å². The zero-order chi connectivity index (χ0) is 9.10. The number of hydrogen-bond donors (Lipinski definition) is 0. The van der Waals surface area contributed by atoms with E-state index >= 15 is 0 Å². The van der Waals surface area contributed by atoms with Crippen molar-refractivity contribution in [3.63, 3.8) is 0 Å². The molecule has 0 unspecified atom stereocenters. The molecule has 0 radical (unpaired) electrons. The van der Waals surface area contributed by atoms with Crippen LogP contribution in [-0.4, -0.2) is 0 Å². The highest BCUT2D eigenvalue weighted by Crippen LogP contribution is 2.01. The fourth-order valence-corrected chi connectivity index (χ4v) is 2.14. The number of benzene rings is 1. The Labute approximate surface area is 82.4 Å². The summed E-state index contributed by atoms with van der Waals surface area (Å²) >= 11 is 1.76. The van der Waals surface area contributed by atoms with Crippen molar-refractivity contribution < 1.29 is 3.96 Å². The molecule has 0 saturated carbocycles. The largest absolute Gasteiger partial charge is 0.193 e. The molecular formula is C11H12NS+. The first kappa shape index (κ1) is 8.45. The second-order valence-corrected chi connectivity index (χ2v) is 4.00. The second kappa shape index (κ2) is 3.71. The third-order valence-corrected chi connectivity index (χ3v) is 2.99. The summed E-state index contributed by atoms with van der Waals surface area (Å²) in [6.07, 6.45) is 0. The van der Waals surface area contributed by atoms with Gasteiger partial charge in [-0.15, -0.1) is 3.96 Å². The number of rotatable bonds is 2. The van der Waals surface area contributed by atoms with Gasteiger partial charge in [0, 0.05) is 18.6 Å². The molecule has 0 amide bonds. The molecule has 0 aliphatic rings. The van der Waals surface area contributed by atoms with Crippen LogP contribution in [0.3, 0.4) is 0 Å². The van der Waals surface area contributed by atoms with E-state index < -0.39 is 0 Å². The molecule has 0 spiro atoms. The maximum atomic E-state index is 2.29. The molecule has 1 aromatic heterocycles. The SMILES string of the molecule is Cc1ccs[n+]1Cc1ccccc1. The molecule has 1 nitrogen and oxygen atoms in total. The van der Waals surface area contributed by atoms with E-state index in [0.29, 0.717) is 0 Å². The van der Waals surface area contributed by atoms with Gasteiger partial charge in [-0.3, -0.25) is 0 Å². The Morgan fingerprint density at radius 1 is 1.15 bits per heavy atom. The minimum atomic E-state index is 0.990. The van der Waals surface area contributed by atoms with Crippen LogP contribution >= 0.6 is 11.5 Å². The van der Waals surface area contributed by atoms with Gasteiger partial charge in [0.2, 0.25) is 0 Å². The van der Waals surface area contributed by atoms with Crippen molar-refractivity contribution in [2.75, 3.05) is 0 Å². The molecule has 13 heavy (non-hydrogen) atoms. The molecule has 1 heterocycles. The first-order valence-corrected chi connectivity index (χ1v) is 5.18. The molecule has 2 rings (SSSR count). The summed E-state index contributed by atoms with van der Waals surface area (Å²) in [5, 5.41) is 2.12. The standard InChI is InChI=1S/C11H12NS/c1-10-7-8-13-12(10)9-11-5-3-2-4-6-11/h2-8H,9H2,1H3/q+1. The van der Waals surface area contributed by atoms with Crippen molar-refractivity contribution in [2.45, 2.75) is 13.5 Å². The topological polar surface area (TPSA) is 3.88 Å². The van der Waals surface area contributed by atoms with E-state index in [2.05, 4.69) is 52.7 Å². The molecule has 0 aliphatic carbocycles. The summed E-state index contributed by atoms with van der Waals surface area (Å²) in [5.41, 5.74) is 2.69. The monoisotopic (exact) mass is 190 g/mol. The van der Waals surface area contributed by atoms with Gasteiger partial charge in [-0.1, -0.05) is 30.3 Å². The molecule has 0 saturated heterocycles. The summed E-state index contributed by atoms with van der Waals surface area (Å²) < 4.78 is 2.29. The summed E-state index contributed by atoms with van der Waals surface area (Å²) in [5.74, 6) is 0. The van der Waals surface area contributed by atoms with Crippen molar-refractivity contribution in [3.8, 4) is 0 Å². The van der Waals surface area contributed by atoms with Gasteiger partial charge in [-0.25, -0.2) is 0 Å². The van der Waals surface area contributed by atoms with Gasteiger partial charge in [0.15, 0.2) is 12.2 Å². The maximum Gasteiger partial charge on any atom is 0.193 e. The average molecular weight is 190 g/mol. The average Bonchev–Trinajstić information content (AvgIpc) is 2.54. The molecule has 2 aromatic rings. The van der Waals surface area contributed by atoms with Crippen LogP contribution in [0.2, 0.25) is 0 Å². The van der Waals surface area contributed by atoms with Gasteiger partial charge in [-0.05, 0) is 0 Å². The van der Waals surface area contributed by atoms with Crippen molar-refractivity contribution in [1.29, 1.82) is 0 Å². The van der Waals surface area contributed by atoms with Crippen LogP contribution in [0.15, 0.2) is 41.8 Å². The Kier molecular flexibility index (Phi) is 2.41. The van der Waals surface area contributed by atoms with Crippen molar-refractivity contribution in [1.82, 2.24) is 0 Å². The minimum absolute atomic E-state index is 0.990. The number of hydrogen-bond acceptors (Lipinski definition) is 1. The Bertz CT molecular complexity index is 378.